The molecule has 0 atom stereocenters. The minimum atomic E-state index is -0.253. The number of carbonyl (C=O) groups excluding carboxylic acids is 1. The van der Waals surface area contributed by atoms with Crippen molar-refractivity contribution in [3.63, 3.8) is 0 Å². The zero-order chi connectivity index (χ0) is 11.6. The molecule has 0 saturated carbocycles. The monoisotopic (exact) mass is 318 g/mol. The molecule has 0 unspecified atom stereocenters. The molecule has 0 aliphatic rings. The van der Waals surface area contributed by atoms with Gasteiger partial charge in [-0.2, -0.15) is 0 Å². The molecule has 0 radical (unpaired) electrons. The summed E-state index contributed by atoms with van der Waals surface area (Å²) in [6, 6.07) is 3.97. The highest BCUT2D eigenvalue weighted by Crippen LogP contribution is 2.25. The standard InChI is InChI=1S/C12H15IO2/c1-7(2)9-5-8(3)11(13)6-10(9)12(14)15-4/h5-7H,1-4H3. The number of aryl methyl sites for hydroxylation is 1. The average molecular weight is 318 g/mol. The maximum Gasteiger partial charge on any atom is 0.338 e. The quantitative estimate of drug-likeness (QED) is 0.616. The second kappa shape index (κ2) is 4.96. The molecule has 0 N–H and O–H groups in total. The van der Waals surface area contributed by atoms with E-state index in [-0.39, 0.29) is 5.97 Å². The third kappa shape index (κ3) is 2.71. The van der Waals surface area contributed by atoms with E-state index in [9.17, 15) is 4.79 Å². The van der Waals surface area contributed by atoms with Gasteiger partial charge in [0.2, 0.25) is 0 Å². The van der Waals surface area contributed by atoms with Gasteiger partial charge in [0, 0.05) is 3.57 Å². The fourth-order valence-corrected chi connectivity index (χ4v) is 1.94. The minimum Gasteiger partial charge on any atom is -0.465 e. The van der Waals surface area contributed by atoms with Gasteiger partial charge in [-0.05, 0) is 52.6 Å². The highest BCUT2D eigenvalue weighted by atomic mass is 127. The molecule has 0 saturated heterocycles. The summed E-state index contributed by atoms with van der Waals surface area (Å²) in [5.74, 6) is 0.0754. The molecule has 1 rings (SSSR count). The maximum atomic E-state index is 11.6. The Morgan fingerprint density at radius 2 is 2.00 bits per heavy atom. The molecule has 0 fully saturated rings. The summed E-state index contributed by atoms with van der Waals surface area (Å²) in [6.07, 6.45) is 0. The fourth-order valence-electron chi connectivity index (χ4n) is 1.47. The Bertz CT molecular complexity index is 383. The second-order valence-electron chi connectivity index (χ2n) is 3.83. The predicted molar refractivity (Wildman–Crippen MR) is 69.3 cm³/mol. The van der Waals surface area contributed by atoms with Crippen LogP contribution in [-0.2, 0) is 4.74 Å². The smallest absolute Gasteiger partial charge is 0.338 e. The third-order valence-corrected chi connectivity index (χ3v) is 3.52. The topological polar surface area (TPSA) is 26.3 Å². The van der Waals surface area contributed by atoms with Gasteiger partial charge >= 0.3 is 5.97 Å². The Morgan fingerprint density at radius 3 is 2.47 bits per heavy atom. The molecule has 82 valence electrons. The van der Waals surface area contributed by atoms with Gasteiger partial charge in [-0.1, -0.05) is 19.9 Å². The van der Waals surface area contributed by atoms with Crippen molar-refractivity contribution in [2.45, 2.75) is 26.7 Å². The molecule has 2 nitrogen and oxygen atoms in total. The van der Waals surface area contributed by atoms with Gasteiger partial charge in [0.15, 0.2) is 0 Å². The van der Waals surface area contributed by atoms with Gasteiger partial charge in [-0.3, -0.25) is 0 Å². The SMILES string of the molecule is COC(=O)c1cc(I)c(C)cc1C(C)C. The Kier molecular flexibility index (Phi) is 4.13. The van der Waals surface area contributed by atoms with Crippen molar-refractivity contribution in [3.05, 3.63) is 32.4 Å². The summed E-state index contributed by atoms with van der Waals surface area (Å²) < 4.78 is 5.87. The normalized spacial score (nSPS) is 10.5. The van der Waals surface area contributed by atoms with Crippen LogP contribution in [0.15, 0.2) is 12.1 Å². The van der Waals surface area contributed by atoms with E-state index in [4.69, 9.17) is 4.74 Å². The molecule has 3 heteroatoms. The number of carbonyl (C=O) groups is 1. The van der Waals surface area contributed by atoms with E-state index in [1.54, 1.807) is 0 Å². The molecular weight excluding hydrogens is 303 g/mol. The van der Waals surface area contributed by atoms with Gasteiger partial charge in [0.05, 0.1) is 12.7 Å². The van der Waals surface area contributed by atoms with Gasteiger partial charge in [-0.15, -0.1) is 0 Å². The average Bonchev–Trinajstić information content (AvgIpc) is 2.20. The van der Waals surface area contributed by atoms with Gasteiger partial charge in [-0.25, -0.2) is 4.79 Å². The fraction of sp³-hybridized carbons (Fsp3) is 0.417. The van der Waals surface area contributed by atoms with Crippen molar-refractivity contribution in [1.82, 2.24) is 0 Å². The maximum absolute atomic E-state index is 11.6. The van der Waals surface area contributed by atoms with Gasteiger partial charge in [0.1, 0.15) is 0 Å². The van der Waals surface area contributed by atoms with Crippen molar-refractivity contribution in [2.75, 3.05) is 7.11 Å². The minimum absolute atomic E-state index is 0.253. The van der Waals surface area contributed by atoms with E-state index in [0.29, 0.717) is 11.5 Å². The van der Waals surface area contributed by atoms with Crippen molar-refractivity contribution >= 4 is 28.6 Å². The second-order valence-corrected chi connectivity index (χ2v) is 5.00. The first-order valence-corrected chi connectivity index (χ1v) is 5.93. The lowest BCUT2D eigenvalue weighted by Crippen LogP contribution is -2.08. The molecule has 0 aliphatic heterocycles. The largest absolute Gasteiger partial charge is 0.465 e. The Hall–Kier alpha value is -0.580. The summed E-state index contributed by atoms with van der Waals surface area (Å²) in [4.78, 5) is 11.6. The summed E-state index contributed by atoms with van der Waals surface area (Å²) >= 11 is 2.23. The van der Waals surface area contributed by atoms with E-state index in [0.717, 1.165) is 9.13 Å². The van der Waals surface area contributed by atoms with E-state index in [1.165, 1.54) is 12.7 Å². The molecular formula is C12H15IO2. The van der Waals surface area contributed by atoms with Crippen LogP contribution < -0.4 is 0 Å². The molecule has 0 amide bonds. The summed E-state index contributed by atoms with van der Waals surface area (Å²) in [5.41, 5.74) is 2.94. The Balaban J connectivity index is 3.34. The number of ether oxygens (including phenoxy) is 1. The van der Waals surface area contributed by atoms with E-state index >= 15 is 0 Å². The number of methoxy groups -OCH3 is 1. The lowest BCUT2D eigenvalue weighted by atomic mass is 9.95. The van der Waals surface area contributed by atoms with E-state index in [2.05, 4.69) is 49.4 Å². The Labute approximate surface area is 104 Å². The lowest BCUT2D eigenvalue weighted by molar-refractivity contribution is 0.0599. The highest BCUT2D eigenvalue weighted by Gasteiger charge is 2.15. The van der Waals surface area contributed by atoms with Crippen LogP contribution in [0.4, 0.5) is 0 Å². The molecule has 0 bridgehead atoms. The van der Waals surface area contributed by atoms with Crippen molar-refractivity contribution < 1.29 is 9.53 Å². The molecule has 15 heavy (non-hydrogen) atoms. The first-order valence-electron chi connectivity index (χ1n) is 4.85. The molecule has 0 heterocycles. The van der Waals surface area contributed by atoms with Crippen LogP contribution in [0.25, 0.3) is 0 Å². The van der Waals surface area contributed by atoms with E-state index in [1.807, 2.05) is 6.07 Å². The number of esters is 1. The van der Waals surface area contributed by atoms with Crippen molar-refractivity contribution in [1.29, 1.82) is 0 Å². The van der Waals surface area contributed by atoms with Crippen LogP contribution in [0.3, 0.4) is 0 Å². The summed E-state index contributed by atoms with van der Waals surface area (Å²) in [5, 5.41) is 0. The van der Waals surface area contributed by atoms with Crippen LogP contribution in [0, 0.1) is 10.5 Å². The van der Waals surface area contributed by atoms with Crippen LogP contribution in [-0.4, -0.2) is 13.1 Å². The van der Waals surface area contributed by atoms with Crippen LogP contribution in [0.1, 0.15) is 41.3 Å². The number of hydrogen-bond donors (Lipinski definition) is 0. The predicted octanol–water partition coefficient (Wildman–Crippen LogP) is 3.51. The lowest BCUT2D eigenvalue weighted by Gasteiger charge is -2.13. The van der Waals surface area contributed by atoms with Crippen LogP contribution >= 0.6 is 22.6 Å². The molecule has 0 aliphatic carbocycles. The number of halogens is 1. The number of rotatable bonds is 2. The highest BCUT2D eigenvalue weighted by molar-refractivity contribution is 14.1. The number of benzene rings is 1. The van der Waals surface area contributed by atoms with E-state index < -0.39 is 0 Å². The zero-order valence-electron chi connectivity index (χ0n) is 9.43. The van der Waals surface area contributed by atoms with Crippen LogP contribution in [0.5, 0.6) is 0 Å². The summed E-state index contributed by atoms with van der Waals surface area (Å²) in [6.45, 7) is 6.21. The zero-order valence-corrected chi connectivity index (χ0v) is 11.6. The van der Waals surface area contributed by atoms with Crippen molar-refractivity contribution in [2.24, 2.45) is 0 Å². The van der Waals surface area contributed by atoms with Gasteiger partial charge in [0.25, 0.3) is 0 Å². The summed E-state index contributed by atoms with van der Waals surface area (Å²) in [7, 11) is 1.42. The molecule has 1 aromatic rings. The number of hydrogen-bond acceptors (Lipinski definition) is 2. The molecule has 0 aromatic heterocycles. The van der Waals surface area contributed by atoms with Crippen LogP contribution in [0.2, 0.25) is 0 Å². The first-order chi connectivity index (χ1) is 6.97. The Morgan fingerprint density at radius 1 is 1.40 bits per heavy atom. The van der Waals surface area contributed by atoms with Gasteiger partial charge < -0.3 is 4.74 Å². The van der Waals surface area contributed by atoms with Crippen molar-refractivity contribution in [3.8, 4) is 0 Å². The first kappa shape index (κ1) is 12.5. The molecule has 0 spiro atoms. The third-order valence-electron chi connectivity index (χ3n) is 2.36. The molecule has 1 aromatic carbocycles.